The molecule has 2 aromatic rings. The molecule has 0 aliphatic carbocycles. The molecule has 0 aliphatic rings. The molecule has 98 valence electrons. The van der Waals surface area contributed by atoms with Crippen LogP contribution < -0.4 is 10.4 Å². The number of allylic oxidation sites excluding steroid dienone is 1. The van der Waals surface area contributed by atoms with Gasteiger partial charge in [-0.25, -0.2) is 0 Å². The van der Waals surface area contributed by atoms with Crippen molar-refractivity contribution in [2.75, 3.05) is 6.61 Å². The Balaban J connectivity index is 2.12. The third kappa shape index (κ3) is 4.19. The van der Waals surface area contributed by atoms with E-state index in [1.807, 2.05) is 6.08 Å². The smallest absolute Gasteiger partial charge is 0.239 e. The van der Waals surface area contributed by atoms with Gasteiger partial charge >= 0.3 is 0 Å². The monoisotopic (exact) mass is 268 g/mol. The molecule has 0 saturated carbocycles. The Bertz CT molecular complexity index is 442. The molecule has 0 amide bonds. The molecule has 0 spiro atoms. The molecule has 0 aliphatic heterocycles. The van der Waals surface area contributed by atoms with Gasteiger partial charge in [-0.2, -0.15) is 0 Å². The third-order valence-corrected chi connectivity index (χ3v) is 5.59. The molecule has 0 fully saturated rings. The number of benzene rings is 2. The van der Waals surface area contributed by atoms with Crippen LogP contribution in [0.15, 0.2) is 73.3 Å². The standard InChI is InChI=1S/C17H20OSi/c1-2-3-10-15-18-19(16-11-6-4-7-12-16)17-13-8-5-9-14-17/h2,4-9,11-14,19H,1,3,10,15H2. The van der Waals surface area contributed by atoms with E-state index in [4.69, 9.17) is 4.43 Å². The first-order valence-corrected chi connectivity index (χ1v) is 8.37. The quantitative estimate of drug-likeness (QED) is 0.426. The molecule has 2 rings (SSSR count). The number of unbranched alkanes of at least 4 members (excludes halogenated alkanes) is 1. The van der Waals surface area contributed by atoms with Crippen LogP contribution in [0, 0.1) is 0 Å². The van der Waals surface area contributed by atoms with E-state index in [9.17, 15) is 0 Å². The minimum atomic E-state index is -1.53. The second kappa shape index (κ2) is 7.72. The molecule has 2 heteroatoms. The molecule has 0 unspecified atom stereocenters. The highest BCUT2D eigenvalue weighted by Crippen LogP contribution is 1.97. The summed E-state index contributed by atoms with van der Waals surface area (Å²) >= 11 is 0. The van der Waals surface area contributed by atoms with Crippen LogP contribution in [0.4, 0.5) is 0 Å². The predicted molar refractivity (Wildman–Crippen MR) is 84.7 cm³/mol. The number of rotatable bonds is 7. The summed E-state index contributed by atoms with van der Waals surface area (Å²) in [7, 11) is -1.53. The lowest BCUT2D eigenvalue weighted by molar-refractivity contribution is 0.327. The van der Waals surface area contributed by atoms with Crippen molar-refractivity contribution < 1.29 is 4.43 Å². The molecule has 19 heavy (non-hydrogen) atoms. The van der Waals surface area contributed by atoms with Crippen LogP contribution in [0.3, 0.4) is 0 Å². The highest BCUT2D eigenvalue weighted by molar-refractivity contribution is 6.80. The van der Waals surface area contributed by atoms with Crippen molar-refractivity contribution in [3.05, 3.63) is 73.3 Å². The van der Waals surface area contributed by atoms with Gasteiger partial charge in [0.05, 0.1) is 0 Å². The summed E-state index contributed by atoms with van der Waals surface area (Å²) in [4.78, 5) is 0. The average Bonchev–Trinajstić information content (AvgIpc) is 2.49. The largest absolute Gasteiger partial charge is 0.411 e. The molecule has 0 saturated heterocycles. The SMILES string of the molecule is C=CCCCO[SiH](c1ccccc1)c1ccccc1. The molecule has 0 N–H and O–H groups in total. The number of hydrogen-bond acceptors (Lipinski definition) is 1. The maximum atomic E-state index is 6.21. The fourth-order valence-corrected chi connectivity index (χ4v) is 4.39. The minimum Gasteiger partial charge on any atom is -0.411 e. The van der Waals surface area contributed by atoms with Crippen molar-refractivity contribution in [1.82, 2.24) is 0 Å². The van der Waals surface area contributed by atoms with Crippen LogP contribution >= 0.6 is 0 Å². The Morgan fingerprint density at radius 2 is 1.42 bits per heavy atom. The topological polar surface area (TPSA) is 9.23 Å². The zero-order chi connectivity index (χ0) is 13.3. The van der Waals surface area contributed by atoms with Gasteiger partial charge in [0, 0.05) is 6.61 Å². The van der Waals surface area contributed by atoms with Crippen LogP contribution in [0.25, 0.3) is 0 Å². The summed E-state index contributed by atoms with van der Waals surface area (Å²) < 4.78 is 6.21. The molecule has 2 aromatic carbocycles. The Kier molecular flexibility index (Phi) is 5.60. The normalized spacial score (nSPS) is 10.6. The van der Waals surface area contributed by atoms with E-state index >= 15 is 0 Å². The van der Waals surface area contributed by atoms with E-state index in [0.29, 0.717) is 0 Å². The van der Waals surface area contributed by atoms with Crippen molar-refractivity contribution in [3.63, 3.8) is 0 Å². The maximum Gasteiger partial charge on any atom is 0.239 e. The average molecular weight is 268 g/mol. The van der Waals surface area contributed by atoms with Crippen molar-refractivity contribution in [3.8, 4) is 0 Å². The van der Waals surface area contributed by atoms with Gasteiger partial charge in [-0.1, -0.05) is 66.7 Å². The predicted octanol–water partition coefficient (Wildman–Crippen LogP) is 2.51. The fraction of sp³-hybridized carbons (Fsp3) is 0.176. The summed E-state index contributed by atoms with van der Waals surface area (Å²) in [5.41, 5.74) is 0. The van der Waals surface area contributed by atoms with Crippen molar-refractivity contribution >= 4 is 19.4 Å². The van der Waals surface area contributed by atoms with E-state index in [0.717, 1.165) is 19.4 Å². The summed E-state index contributed by atoms with van der Waals surface area (Å²) in [5, 5.41) is 2.68. The van der Waals surface area contributed by atoms with Gasteiger partial charge in [-0.05, 0) is 23.2 Å². The van der Waals surface area contributed by atoms with Gasteiger partial charge < -0.3 is 4.43 Å². The van der Waals surface area contributed by atoms with E-state index in [2.05, 4.69) is 67.2 Å². The van der Waals surface area contributed by atoms with Crippen molar-refractivity contribution in [2.45, 2.75) is 12.8 Å². The second-order valence-corrected chi connectivity index (χ2v) is 6.93. The van der Waals surface area contributed by atoms with Crippen molar-refractivity contribution in [1.29, 1.82) is 0 Å². The summed E-state index contributed by atoms with van der Waals surface area (Å²) in [6.07, 6.45) is 4.02. The Morgan fingerprint density at radius 1 is 0.895 bits per heavy atom. The van der Waals surface area contributed by atoms with Gasteiger partial charge in [0.15, 0.2) is 0 Å². The summed E-state index contributed by atoms with van der Waals surface area (Å²) in [6, 6.07) is 21.2. The van der Waals surface area contributed by atoms with Crippen LogP contribution in [-0.2, 0) is 4.43 Å². The molecule has 0 bridgehead atoms. The Hall–Kier alpha value is -1.64. The zero-order valence-corrected chi connectivity index (χ0v) is 12.3. The molecule has 0 radical (unpaired) electrons. The first-order valence-electron chi connectivity index (χ1n) is 6.74. The lowest BCUT2D eigenvalue weighted by atomic mass is 10.3. The minimum absolute atomic E-state index is 0.812. The van der Waals surface area contributed by atoms with E-state index in [-0.39, 0.29) is 0 Å². The highest BCUT2D eigenvalue weighted by atomic mass is 28.3. The van der Waals surface area contributed by atoms with Gasteiger partial charge in [-0.3, -0.25) is 0 Å². The zero-order valence-electron chi connectivity index (χ0n) is 11.2. The first-order chi connectivity index (χ1) is 9.42. The van der Waals surface area contributed by atoms with Gasteiger partial charge in [0.2, 0.25) is 9.04 Å². The maximum absolute atomic E-state index is 6.21. The van der Waals surface area contributed by atoms with Crippen LogP contribution in [0.5, 0.6) is 0 Å². The summed E-state index contributed by atoms with van der Waals surface area (Å²) in [6.45, 7) is 4.56. The van der Waals surface area contributed by atoms with E-state index < -0.39 is 9.04 Å². The second-order valence-electron chi connectivity index (χ2n) is 4.50. The fourth-order valence-electron chi connectivity index (χ4n) is 2.07. The molecule has 0 aromatic heterocycles. The van der Waals surface area contributed by atoms with Crippen LogP contribution in [0.2, 0.25) is 0 Å². The van der Waals surface area contributed by atoms with E-state index in [1.54, 1.807) is 0 Å². The van der Waals surface area contributed by atoms with Crippen LogP contribution in [-0.4, -0.2) is 15.6 Å². The summed E-state index contributed by atoms with van der Waals surface area (Å²) in [5.74, 6) is 0. The molecule has 0 heterocycles. The third-order valence-electron chi connectivity index (χ3n) is 3.04. The Morgan fingerprint density at radius 3 is 1.89 bits per heavy atom. The molecular formula is C17H20OSi. The lowest BCUT2D eigenvalue weighted by Crippen LogP contribution is -2.45. The highest BCUT2D eigenvalue weighted by Gasteiger charge is 2.16. The van der Waals surface area contributed by atoms with Gasteiger partial charge in [-0.15, -0.1) is 6.58 Å². The van der Waals surface area contributed by atoms with Gasteiger partial charge in [0.25, 0.3) is 0 Å². The lowest BCUT2D eigenvalue weighted by Gasteiger charge is -2.17. The molecule has 0 atom stereocenters. The molecular weight excluding hydrogens is 248 g/mol. The molecule has 1 nitrogen and oxygen atoms in total. The van der Waals surface area contributed by atoms with E-state index in [1.165, 1.54) is 10.4 Å². The van der Waals surface area contributed by atoms with Crippen molar-refractivity contribution in [2.24, 2.45) is 0 Å². The Labute approximate surface area is 117 Å². The number of hydrogen-bond donors (Lipinski definition) is 0. The van der Waals surface area contributed by atoms with Crippen LogP contribution in [0.1, 0.15) is 12.8 Å². The van der Waals surface area contributed by atoms with Gasteiger partial charge in [0.1, 0.15) is 0 Å². The first kappa shape index (κ1) is 13.8.